The van der Waals surface area contributed by atoms with Crippen molar-refractivity contribution in [1.82, 2.24) is 0 Å². The molecule has 2 unspecified atom stereocenters. The molecule has 0 bridgehead atoms. The summed E-state index contributed by atoms with van der Waals surface area (Å²) in [5.74, 6) is -13.0. The van der Waals surface area contributed by atoms with Crippen molar-refractivity contribution >= 4 is 35.4 Å². The third-order valence-electron chi connectivity index (χ3n) is 2.93. The van der Waals surface area contributed by atoms with Crippen molar-refractivity contribution in [3.63, 3.8) is 0 Å². The van der Waals surface area contributed by atoms with Crippen molar-refractivity contribution in [1.29, 1.82) is 0 Å². The zero-order chi connectivity index (χ0) is 20.3. The molecule has 0 aromatic rings. The lowest BCUT2D eigenvalue weighted by Crippen LogP contribution is -2.47. The second-order valence-corrected chi connectivity index (χ2v) is 4.63. The highest BCUT2D eigenvalue weighted by atomic mass is 16.6. The van der Waals surface area contributed by atoms with Crippen molar-refractivity contribution in [2.24, 2.45) is 11.8 Å². The number of carbonyl (C=O) groups is 6. The van der Waals surface area contributed by atoms with Crippen molar-refractivity contribution in [2.45, 2.75) is 27.7 Å². The van der Waals surface area contributed by atoms with Gasteiger partial charge in [-0.15, -0.1) is 0 Å². The van der Waals surface area contributed by atoms with E-state index in [1.54, 1.807) is 0 Å². The van der Waals surface area contributed by atoms with Gasteiger partial charge in [-0.3, -0.25) is 19.2 Å². The molecule has 0 aliphatic carbocycles. The zero-order valence-electron chi connectivity index (χ0n) is 15.1. The number of ether oxygens (including phenoxy) is 4. The van der Waals surface area contributed by atoms with Crippen LogP contribution in [0.3, 0.4) is 0 Å². The molecule has 0 aliphatic heterocycles. The van der Waals surface area contributed by atoms with Crippen LogP contribution in [0.2, 0.25) is 0 Å². The SMILES string of the molecule is CCOC(=O)C(=O)C(C(=O)OCC)C(C(=O)OCC)C(=O)C(=O)OCC. The molecule has 0 saturated heterocycles. The van der Waals surface area contributed by atoms with Gasteiger partial charge in [0.1, 0.15) is 11.8 Å². The molecule has 2 atom stereocenters. The third kappa shape index (κ3) is 6.26. The molecule has 10 heteroatoms. The fourth-order valence-corrected chi connectivity index (χ4v) is 1.91. The Hall–Kier alpha value is -2.78. The molecule has 0 fully saturated rings. The van der Waals surface area contributed by atoms with Crippen LogP contribution in [-0.2, 0) is 47.7 Å². The Kier molecular flexibility index (Phi) is 10.5. The highest BCUT2D eigenvalue weighted by Gasteiger charge is 2.50. The van der Waals surface area contributed by atoms with Crippen LogP contribution in [0.15, 0.2) is 0 Å². The quantitative estimate of drug-likeness (QED) is 0.203. The Bertz CT molecular complexity index is 515. The van der Waals surface area contributed by atoms with Crippen LogP contribution in [0.4, 0.5) is 0 Å². The highest BCUT2D eigenvalue weighted by Crippen LogP contribution is 2.21. The van der Waals surface area contributed by atoms with Gasteiger partial charge < -0.3 is 18.9 Å². The lowest BCUT2D eigenvalue weighted by Gasteiger charge is -2.20. The van der Waals surface area contributed by atoms with E-state index in [1.807, 2.05) is 0 Å². The molecule has 0 saturated carbocycles. The molecule has 0 spiro atoms. The van der Waals surface area contributed by atoms with Crippen LogP contribution >= 0.6 is 0 Å². The minimum absolute atomic E-state index is 0.185. The van der Waals surface area contributed by atoms with Gasteiger partial charge in [-0.2, -0.15) is 0 Å². The van der Waals surface area contributed by atoms with E-state index in [2.05, 4.69) is 18.9 Å². The molecule has 0 heterocycles. The number of carbonyl (C=O) groups excluding carboxylic acids is 6. The molecule has 0 aromatic heterocycles. The second-order valence-electron chi connectivity index (χ2n) is 4.63. The van der Waals surface area contributed by atoms with Gasteiger partial charge in [-0.25, -0.2) is 9.59 Å². The Morgan fingerprint density at radius 1 is 0.538 bits per heavy atom. The molecule has 0 aliphatic rings. The molecule has 0 rings (SSSR count). The van der Waals surface area contributed by atoms with E-state index in [9.17, 15) is 28.8 Å². The molecule has 0 amide bonds. The molecular formula is C16H22O10. The lowest BCUT2D eigenvalue weighted by atomic mass is 9.85. The number of hydrogen-bond acceptors (Lipinski definition) is 10. The fraction of sp³-hybridized carbons (Fsp3) is 0.625. The summed E-state index contributed by atoms with van der Waals surface area (Å²) >= 11 is 0. The molecule has 146 valence electrons. The van der Waals surface area contributed by atoms with E-state index in [1.165, 1.54) is 27.7 Å². The zero-order valence-corrected chi connectivity index (χ0v) is 15.1. The summed E-state index contributed by atoms with van der Waals surface area (Å²) in [4.78, 5) is 72.4. The number of esters is 4. The highest BCUT2D eigenvalue weighted by molar-refractivity contribution is 6.44. The van der Waals surface area contributed by atoms with Crippen LogP contribution in [-0.4, -0.2) is 61.9 Å². The van der Waals surface area contributed by atoms with Gasteiger partial charge in [0.2, 0.25) is 0 Å². The van der Waals surface area contributed by atoms with Gasteiger partial charge in [-0.1, -0.05) is 0 Å². The predicted octanol–water partition coefficient (Wildman–Crippen LogP) is -0.391. The predicted molar refractivity (Wildman–Crippen MR) is 83.5 cm³/mol. The first-order valence-corrected chi connectivity index (χ1v) is 8.01. The average molecular weight is 374 g/mol. The van der Waals surface area contributed by atoms with Crippen LogP contribution in [0.1, 0.15) is 27.7 Å². The first-order valence-electron chi connectivity index (χ1n) is 8.01. The Labute approximate surface area is 150 Å². The van der Waals surface area contributed by atoms with Gasteiger partial charge in [-0.05, 0) is 27.7 Å². The van der Waals surface area contributed by atoms with E-state index in [-0.39, 0.29) is 26.4 Å². The van der Waals surface area contributed by atoms with Crippen LogP contribution in [0, 0.1) is 11.8 Å². The van der Waals surface area contributed by atoms with E-state index in [4.69, 9.17) is 0 Å². The first kappa shape index (κ1) is 23.2. The normalized spacial score (nSPS) is 12.3. The smallest absolute Gasteiger partial charge is 0.375 e. The second kappa shape index (κ2) is 11.7. The Balaban J connectivity index is 6.05. The molecule has 0 radical (unpaired) electrons. The van der Waals surface area contributed by atoms with Gasteiger partial charge in [0.15, 0.2) is 0 Å². The summed E-state index contributed by atoms with van der Waals surface area (Å²) in [5, 5.41) is 0. The van der Waals surface area contributed by atoms with E-state index in [0.29, 0.717) is 0 Å². The van der Waals surface area contributed by atoms with Gasteiger partial charge in [0.25, 0.3) is 11.6 Å². The summed E-state index contributed by atoms with van der Waals surface area (Å²) in [6, 6.07) is 0. The maximum atomic E-state index is 12.3. The number of hydrogen-bond donors (Lipinski definition) is 0. The maximum absolute atomic E-state index is 12.3. The molecule has 10 nitrogen and oxygen atoms in total. The number of Topliss-reactive ketones (excluding diaryl/α,β-unsaturated/α-hetero) is 2. The molecular weight excluding hydrogens is 352 g/mol. The summed E-state index contributed by atoms with van der Waals surface area (Å²) in [7, 11) is 0. The fourth-order valence-electron chi connectivity index (χ4n) is 1.91. The van der Waals surface area contributed by atoms with Crippen molar-refractivity contribution in [3.8, 4) is 0 Å². The van der Waals surface area contributed by atoms with E-state index >= 15 is 0 Å². The average Bonchev–Trinajstić information content (AvgIpc) is 2.59. The summed E-state index contributed by atoms with van der Waals surface area (Å²) in [6.07, 6.45) is 0. The largest absolute Gasteiger partial charge is 0.465 e. The number of ketones is 2. The summed E-state index contributed by atoms with van der Waals surface area (Å²) in [6.45, 7) is 4.89. The minimum atomic E-state index is -2.22. The van der Waals surface area contributed by atoms with Crippen LogP contribution in [0.25, 0.3) is 0 Å². The van der Waals surface area contributed by atoms with Gasteiger partial charge in [0.05, 0.1) is 26.4 Å². The van der Waals surface area contributed by atoms with Crippen LogP contribution in [0.5, 0.6) is 0 Å². The van der Waals surface area contributed by atoms with Gasteiger partial charge >= 0.3 is 23.9 Å². The maximum Gasteiger partial charge on any atom is 0.375 e. The molecule has 26 heavy (non-hydrogen) atoms. The third-order valence-corrected chi connectivity index (χ3v) is 2.93. The van der Waals surface area contributed by atoms with E-state index in [0.717, 1.165) is 0 Å². The van der Waals surface area contributed by atoms with Crippen LogP contribution < -0.4 is 0 Å². The molecule has 0 aromatic carbocycles. The summed E-state index contributed by atoms with van der Waals surface area (Å²) < 4.78 is 18.4. The molecule has 0 N–H and O–H groups in total. The Morgan fingerprint density at radius 2 is 0.808 bits per heavy atom. The topological polar surface area (TPSA) is 139 Å². The standard InChI is InChI=1S/C16H22O10/c1-5-23-13(19)9(11(17)15(21)25-7-3)10(14(20)24-6-2)12(18)16(22)26-8-4/h9-10H,5-8H2,1-4H3. The first-order chi connectivity index (χ1) is 12.3. The Morgan fingerprint density at radius 3 is 1.04 bits per heavy atom. The van der Waals surface area contributed by atoms with E-state index < -0.39 is 47.3 Å². The minimum Gasteiger partial charge on any atom is -0.465 e. The summed E-state index contributed by atoms with van der Waals surface area (Å²) in [5.41, 5.74) is 0. The van der Waals surface area contributed by atoms with Crippen molar-refractivity contribution < 1.29 is 47.7 Å². The van der Waals surface area contributed by atoms with Crippen molar-refractivity contribution in [2.75, 3.05) is 26.4 Å². The van der Waals surface area contributed by atoms with Gasteiger partial charge in [0, 0.05) is 0 Å². The monoisotopic (exact) mass is 374 g/mol. The van der Waals surface area contributed by atoms with Crippen molar-refractivity contribution in [3.05, 3.63) is 0 Å². The number of rotatable bonds is 11. The lowest BCUT2D eigenvalue weighted by molar-refractivity contribution is -0.173.